The maximum atomic E-state index is 12.7. The number of carbonyl (C=O) groups excluding carboxylic acids is 1. The first kappa shape index (κ1) is 17.3. The first-order valence-corrected chi connectivity index (χ1v) is 9.12. The van der Waals surface area contributed by atoms with Gasteiger partial charge in [0.25, 0.3) is 11.9 Å². The van der Waals surface area contributed by atoms with Gasteiger partial charge in [0.05, 0.1) is 12.7 Å². The number of hydrogen-bond donors (Lipinski definition) is 0. The van der Waals surface area contributed by atoms with Gasteiger partial charge in [-0.25, -0.2) is 0 Å². The Hall–Kier alpha value is -1.53. The van der Waals surface area contributed by atoms with Crippen molar-refractivity contribution < 1.29 is 18.7 Å². The molecule has 2 aliphatic rings. The highest BCUT2D eigenvalue weighted by atomic mass is 16.6. The molecule has 24 heavy (non-hydrogen) atoms. The Bertz CT molecular complexity index is 525. The molecule has 6 nitrogen and oxygen atoms in total. The number of amides is 1. The monoisotopic (exact) mass is 336 g/mol. The molecule has 2 aliphatic heterocycles. The first-order chi connectivity index (χ1) is 11.8. The van der Waals surface area contributed by atoms with Crippen LogP contribution in [0.15, 0.2) is 16.5 Å². The highest BCUT2D eigenvalue weighted by Gasteiger charge is 2.27. The quantitative estimate of drug-likeness (QED) is 0.826. The Morgan fingerprint density at radius 2 is 2.04 bits per heavy atom. The van der Waals surface area contributed by atoms with E-state index in [0.717, 1.165) is 26.1 Å². The summed E-state index contributed by atoms with van der Waals surface area (Å²) in [7, 11) is 0. The summed E-state index contributed by atoms with van der Waals surface area (Å²) in [4.78, 5) is 17.0. The van der Waals surface area contributed by atoms with Crippen molar-refractivity contribution in [2.45, 2.75) is 38.7 Å². The molecule has 0 radical (unpaired) electrons. The maximum Gasteiger partial charge on any atom is 0.289 e. The van der Waals surface area contributed by atoms with Crippen LogP contribution >= 0.6 is 0 Å². The van der Waals surface area contributed by atoms with Gasteiger partial charge >= 0.3 is 0 Å². The van der Waals surface area contributed by atoms with E-state index < -0.39 is 0 Å². The summed E-state index contributed by atoms with van der Waals surface area (Å²) in [6, 6.07) is 3.40. The van der Waals surface area contributed by atoms with Gasteiger partial charge in [0.2, 0.25) is 0 Å². The van der Waals surface area contributed by atoms with Crippen LogP contribution in [0.5, 0.6) is 5.95 Å². The molecular formula is C18H28N2O4. The number of hydrogen-bond acceptors (Lipinski definition) is 5. The minimum absolute atomic E-state index is 0.0740. The van der Waals surface area contributed by atoms with Gasteiger partial charge in [-0.05, 0) is 45.3 Å². The smallest absolute Gasteiger partial charge is 0.289 e. The fourth-order valence-corrected chi connectivity index (χ4v) is 3.43. The predicted molar refractivity (Wildman–Crippen MR) is 90.4 cm³/mol. The van der Waals surface area contributed by atoms with E-state index in [1.54, 1.807) is 12.1 Å². The number of furan rings is 1. The van der Waals surface area contributed by atoms with Gasteiger partial charge in [0.15, 0.2) is 5.76 Å². The van der Waals surface area contributed by atoms with Crippen LogP contribution in [0.25, 0.3) is 0 Å². The van der Waals surface area contributed by atoms with Crippen molar-refractivity contribution >= 4 is 5.91 Å². The zero-order chi connectivity index (χ0) is 16.8. The average Bonchev–Trinajstić information content (AvgIpc) is 2.94. The van der Waals surface area contributed by atoms with Crippen LogP contribution in [-0.4, -0.2) is 67.7 Å². The number of likely N-dealkylation sites (tertiary alicyclic amines) is 1. The minimum atomic E-state index is -0.0740. The van der Waals surface area contributed by atoms with Crippen LogP contribution in [0.4, 0.5) is 0 Å². The second-order valence-corrected chi connectivity index (χ2v) is 6.51. The molecule has 3 heterocycles. The van der Waals surface area contributed by atoms with Crippen molar-refractivity contribution in [2.24, 2.45) is 0 Å². The highest BCUT2D eigenvalue weighted by molar-refractivity contribution is 5.91. The normalized spacial score (nSPS) is 23.0. The van der Waals surface area contributed by atoms with E-state index in [2.05, 4.69) is 4.90 Å². The van der Waals surface area contributed by atoms with Gasteiger partial charge < -0.3 is 23.7 Å². The Kier molecular flexibility index (Phi) is 6.15. The molecule has 0 N–H and O–H groups in total. The summed E-state index contributed by atoms with van der Waals surface area (Å²) in [5.41, 5.74) is 0. The summed E-state index contributed by atoms with van der Waals surface area (Å²) < 4.78 is 16.8. The van der Waals surface area contributed by atoms with Crippen molar-refractivity contribution in [1.82, 2.24) is 9.80 Å². The molecule has 0 spiro atoms. The van der Waals surface area contributed by atoms with Gasteiger partial charge in [-0.3, -0.25) is 4.79 Å². The SMILES string of the molecule is CCOc1ccc(C(=O)N2CCCO[C@@H](CN3CCCCC3)C2)o1. The molecule has 2 fully saturated rings. The van der Waals surface area contributed by atoms with Gasteiger partial charge in [-0.15, -0.1) is 0 Å². The fourth-order valence-electron chi connectivity index (χ4n) is 3.43. The van der Waals surface area contributed by atoms with E-state index in [1.165, 1.54) is 19.3 Å². The van der Waals surface area contributed by atoms with Gasteiger partial charge in [0.1, 0.15) is 0 Å². The third-order valence-electron chi connectivity index (χ3n) is 4.63. The lowest BCUT2D eigenvalue weighted by atomic mass is 10.1. The summed E-state index contributed by atoms with van der Waals surface area (Å²) in [6.07, 6.45) is 4.80. The summed E-state index contributed by atoms with van der Waals surface area (Å²) in [5.74, 6) is 0.670. The predicted octanol–water partition coefficient (Wildman–Crippen LogP) is 2.40. The van der Waals surface area contributed by atoms with E-state index in [1.807, 2.05) is 11.8 Å². The van der Waals surface area contributed by atoms with Gasteiger partial charge in [-0.2, -0.15) is 0 Å². The van der Waals surface area contributed by atoms with Gasteiger partial charge in [-0.1, -0.05) is 6.42 Å². The highest BCUT2D eigenvalue weighted by Crippen LogP contribution is 2.19. The second kappa shape index (κ2) is 8.53. The lowest BCUT2D eigenvalue weighted by Gasteiger charge is -2.31. The molecule has 1 aromatic rings. The van der Waals surface area contributed by atoms with Crippen LogP contribution in [0.2, 0.25) is 0 Å². The molecule has 2 saturated heterocycles. The van der Waals surface area contributed by atoms with E-state index in [0.29, 0.717) is 38.0 Å². The van der Waals surface area contributed by atoms with Crippen LogP contribution in [0.1, 0.15) is 43.2 Å². The average molecular weight is 336 g/mol. The number of ether oxygens (including phenoxy) is 2. The Balaban J connectivity index is 1.59. The number of piperidine rings is 1. The Morgan fingerprint density at radius 3 is 2.83 bits per heavy atom. The van der Waals surface area contributed by atoms with Crippen molar-refractivity contribution in [1.29, 1.82) is 0 Å². The second-order valence-electron chi connectivity index (χ2n) is 6.51. The lowest BCUT2D eigenvalue weighted by Crippen LogP contribution is -2.43. The van der Waals surface area contributed by atoms with Crippen molar-refractivity contribution in [2.75, 3.05) is 45.9 Å². The molecular weight excluding hydrogens is 308 g/mol. The largest absolute Gasteiger partial charge is 0.465 e. The van der Waals surface area contributed by atoms with E-state index in [4.69, 9.17) is 13.9 Å². The van der Waals surface area contributed by atoms with Crippen LogP contribution in [0.3, 0.4) is 0 Å². The van der Waals surface area contributed by atoms with Crippen LogP contribution in [0, 0.1) is 0 Å². The third kappa shape index (κ3) is 4.51. The fraction of sp³-hybridized carbons (Fsp3) is 0.722. The molecule has 0 aromatic carbocycles. The first-order valence-electron chi connectivity index (χ1n) is 9.12. The Morgan fingerprint density at radius 1 is 1.21 bits per heavy atom. The number of nitrogens with zero attached hydrogens (tertiary/aromatic N) is 2. The molecule has 1 aromatic heterocycles. The van der Waals surface area contributed by atoms with E-state index >= 15 is 0 Å². The van der Waals surface area contributed by atoms with Crippen molar-refractivity contribution in [3.63, 3.8) is 0 Å². The molecule has 134 valence electrons. The van der Waals surface area contributed by atoms with E-state index in [9.17, 15) is 4.79 Å². The van der Waals surface area contributed by atoms with Crippen LogP contribution < -0.4 is 4.74 Å². The van der Waals surface area contributed by atoms with Crippen LogP contribution in [-0.2, 0) is 4.74 Å². The zero-order valence-corrected chi connectivity index (χ0v) is 14.5. The molecule has 1 atom stereocenters. The van der Waals surface area contributed by atoms with E-state index in [-0.39, 0.29) is 12.0 Å². The molecule has 0 unspecified atom stereocenters. The third-order valence-corrected chi connectivity index (χ3v) is 4.63. The molecule has 3 rings (SSSR count). The lowest BCUT2D eigenvalue weighted by molar-refractivity contribution is 0.0210. The summed E-state index contributed by atoms with van der Waals surface area (Å²) in [5, 5.41) is 0. The minimum Gasteiger partial charge on any atom is -0.465 e. The van der Waals surface area contributed by atoms with Crippen molar-refractivity contribution in [3.05, 3.63) is 17.9 Å². The summed E-state index contributed by atoms with van der Waals surface area (Å²) >= 11 is 0. The molecule has 0 aliphatic carbocycles. The van der Waals surface area contributed by atoms with Gasteiger partial charge in [0, 0.05) is 32.3 Å². The maximum absolute atomic E-state index is 12.7. The zero-order valence-electron chi connectivity index (χ0n) is 14.5. The molecule has 6 heteroatoms. The topological polar surface area (TPSA) is 55.1 Å². The molecule has 0 saturated carbocycles. The molecule has 0 bridgehead atoms. The molecule has 1 amide bonds. The van der Waals surface area contributed by atoms with Crippen molar-refractivity contribution in [3.8, 4) is 5.95 Å². The number of rotatable bonds is 5. The summed E-state index contributed by atoms with van der Waals surface area (Å²) in [6.45, 7) is 7.65. The standard InChI is InChI=1S/C18H28N2O4/c1-2-22-17-8-7-16(24-17)18(21)20-11-6-12-23-15(14-20)13-19-9-4-3-5-10-19/h7-8,15H,2-6,9-14H2,1H3/t15-/m0/s1. The number of carbonyl (C=O) groups is 1. The Labute approximate surface area is 143 Å².